The minimum absolute atomic E-state index is 0.167. The van der Waals surface area contributed by atoms with Crippen LogP contribution in [-0.4, -0.2) is 21.7 Å². The predicted molar refractivity (Wildman–Crippen MR) is 62.0 cm³/mol. The van der Waals surface area contributed by atoms with Crippen molar-refractivity contribution in [2.24, 2.45) is 5.73 Å². The molecule has 0 amide bonds. The summed E-state index contributed by atoms with van der Waals surface area (Å²) in [5, 5.41) is 0.910. The normalized spacial score (nSPS) is 10.1. The van der Waals surface area contributed by atoms with E-state index in [4.69, 9.17) is 15.5 Å². The Labute approximate surface area is 96.6 Å². The van der Waals surface area contributed by atoms with E-state index in [1.807, 2.05) is 0 Å². The Morgan fingerprint density at radius 2 is 1.80 bits per heavy atom. The number of hydrogen-bond acceptors (Lipinski definition) is 3. The molecule has 1 aromatic carbocycles. The summed E-state index contributed by atoms with van der Waals surface area (Å²) in [6.07, 6.45) is 0. The number of alkyl halides is 1. The summed E-state index contributed by atoms with van der Waals surface area (Å²) >= 11 is 3.12. The Bertz CT molecular complexity index is 301. The smallest absolute Gasteiger partial charge is 0.404 e. The van der Waals surface area contributed by atoms with E-state index in [0.717, 1.165) is 11.9 Å². The molecule has 5 nitrogen and oxygen atoms in total. The van der Waals surface area contributed by atoms with Gasteiger partial charge in [-0.2, -0.15) is 0 Å². The van der Waals surface area contributed by atoms with Crippen molar-refractivity contribution in [2.75, 3.05) is 11.9 Å². The number of phosphoric ester groups is 1. The monoisotopic (exact) mass is 297 g/mol. The third-order valence-electron chi connectivity index (χ3n) is 1.08. The first kappa shape index (κ1) is 14.6. The van der Waals surface area contributed by atoms with Crippen molar-refractivity contribution >= 4 is 23.8 Å². The molecule has 0 unspecified atom stereocenters. The highest BCUT2D eigenvalue weighted by Crippen LogP contribution is 2.36. The van der Waals surface area contributed by atoms with E-state index in [1.54, 1.807) is 18.2 Å². The number of para-hydroxylation sites is 1. The molecule has 0 spiro atoms. The molecule has 0 radical (unpaired) electrons. The van der Waals surface area contributed by atoms with Crippen LogP contribution < -0.4 is 10.3 Å². The summed E-state index contributed by atoms with van der Waals surface area (Å²) in [5.41, 5.74) is 4.98. The van der Waals surface area contributed by atoms with Crippen molar-refractivity contribution in [3.8, 4) is 5.75 Å². The lowest BCUT2D eigenvalue weighted by Crippen LogP contribution is -1.97. The van der Waals surface area contributed by atoms with Gasteiger partial charge in [-0.25, -0.2) is 4.57 Å². The van der Waals surface area contributed by atoms with Gasteiger partial charge in [-0.3, -0.25) is 9.79 Å². The van der Waals surface area contributed by atoms with Gasteiger partial charge in [0, 0.05) is 11.9 Å². The van der Waals surface area contributed by atoms with Crippen molar-refractivity contribution in [3.05, 3.63) is 30.3 Å². The molecule has 0 saturated heterocycles. The second-order valence-corrected chi connectivity index (χ2v) is 4.33. The summed E-state index contributed by atoms with van der Waals surface area (Å²) in [6.45, 7) is 0.736. The number of halogens is 1. The average Bonchev–Trinajstić information content (AvgIpc) is 2.17. The summed E-state index contributed by atoms with van der Waals surface area (Å²) in [4.78, 5) is 16.7. The Hall–Kier alpha value is -0.390. The second-order valence-electron chi connectivity index (χ2n) is 2.37. The van der Waals surface area contributed by atoms with Crippen LogP contribution in [-0.2, 0) is 4.57 Å². The van der Waals surface area contributed by atoms with Crippen molar-refractivity contribution in [1.82, 2.24) is 0 Å². The lowest BCUT2D eigenvalue weighted by molar-refractivity contribution is 0.283. The van der Waals surface area contributed by atoms with E-state index in [1.165, 1.54) is 12.1 Å². The van der Waals surface area contributed by atoms with Crippen molar-refractivity contribution in [1.29, 1.82) is 0 Å². The Kier molecular flexibility index (Phi) is 7.64. The van der Waals surface area contributed by atoms with Crippen LogP contribution in [0.2, 0.25) is 0 Å². The van der Waals surface area contributed by atoms with E-state index >= 15 is 0 Å². The van der Waals surface area contributed by atoms with E-state index in [-0.39, 0.29) is 5.75 Å². The third kappa shape index (κ3) is 9.90. The number of phosphoric acid groups is 1. The van der Waals surface area contributed by atoms with E-state index in [0.29, 0.717) is 0 Å². The van der Waals surface area contributed by atoms with Crippen LogP contribution in [0.4, 0.5) is 0 Å². The summed E-state index contributed by atoms with van der Waals surface area (Å²) in [7, 11) is -4.39. The molecule has 1 rings (SSSR count). The highest BCUT2D eigenvalue weighted by Gasteiger charge is 2.14. The fourth-order valence-corrected chi connectivity index (χ4v) is 1.02. The van der Waals surface area contributed by atoms with E-state index < -0.39 is 7.82 Å². The minimum atomic E-state index is -4.39. The first-order valence-electron chi connectivity index (χ1n) is 4.06. The molecule has 0 bridgehead atoms. The quantitative estimate of drug-likeness (QED) is 0.581. The van der Waals surface area contributed by atoms with E-state index in [2.05, 4.69) is 20.5 Å². The number of rotatable bonds is 3. The molecule has 0 aliphatic heterocycles. The molecule has 0 aliphatic carbocycles. The minimum Gasteiger partial charge on any atom is -0.404 e. The van der Waals surface area contributed by atoms with Crippen LogP contribution in [0.15, 0.2) is 30.3 Å². The van der Waals surface area contributed by atoms with Gasteiger partial charge >= 0.3 is 7.82 Å². The topological polar surface area (TPSA) is 92.8 Å². The highest BCUT2D eigenvalue weighted by atomic mass is 79.9. The van der Waals surface area contributed by atoms with Gasteiger partial charge in [-0.05, 0) is 12.1 Å². The highest BCUT2D eigenvalue weighted by molar-refractivity contribution is 9.09. The number of nitrogens with two attached hydrogens (primary N) is 1. The molecule has 0 saturated carbocycles. The molecule has 0 heterocycles. The zero-order valence-electron chi connectivity index (χ0n) is 7.91. The summed E-state index contributed by atoms with van der Waals surface area (Å²) < 4.78 is 14.5. The zero-order valence-corrected chi connectivity index (χ0v) is 10.4. The van der Waals surface area contributed by atoms with Crippen molar-refractivity contribution in [2.45, 2.75) is 0 Å². The zero-order chi connectivity index (χ0) is 11.7. The van der Waals surface area contributed by atoms with Gasteiger partial charge < -0.3 is 10.3 Å². The number of benzene rings is 1. The van der Waals surface area contributed by atoms with Crippen LogP contribution in [0.5, 0.6) is 5.75 Å². The maximum absolute atomic E-state index is 10.3. The van der Waals surface area contributed by atoms with Crippen LogP contribution in [0.3, 0.4) is 0 Å². The van der Waals surface area contributed by atoms with Crippen LogP contribution in [0, 0.1) is 0 Å². The van der Waals surface area contributed by atoms with Crippen LogP contribution in [0.1, 0.15) is 0 Å². The third-order valence-corrected chi connectivity index (χ3v) is 1.98. The maximum atomic E-state index is 10.3. The van der Waals surface area contributed by atoms with Gasteiger partial charge in [-0.15, -0.1) is 0 Å². The van der Waals surface area contributed by atoms with Gasteiger partial charge in [0.25, 0.3) is 0 Å². The lowest BCUT2D eigenvalue weighted by atomic mass is 10.3. The van der Waals surface area contributed by atoms with Crippen LogP contribution >= 0.6 is 23.8 Å². The number of hydrogen-bond donors (Lipinski definition) is 3. The molecule has 86 valence electrons. The van der Waals surface area contributed by atoms with Gasteiger partial charge in [0.1, 0.15) is 5.75 Å². The van der Waals surface area contributed by atoms with Crippen LogP contribution in [0.25, 0.3) is 0 Å². The fraction of sp³-hybridized carbons (Fsp3) is 0.250. The van der Waals surface area contributed by atoms with Gasteiger partial charge in [0.2, 0.25) is 0 Å². The largest absolute Gasteiger partial charge is 0.524 e. The van der Waals surface area contributed by atoms with Gasteiger partial charge in [0.05, 0.1) is 0 Å². The fourth-order valence-electron chi connectivity index (χ4n) is 0.619. The van der Waals surface area contributed by atoms with Crippen molar-refractivity contribution < 1.29 is 18.9 Å². The Morgan fingerprint density at radius 3 is 2.13 bits per heavy atom. The maximum Gasteiger partial charge on any atom is 0.524 e. The molecule has 7 heteroatoms. The Balaban J connectivity index is 0.000000423. The molecule has 0 aliphatic rings. The first-order chi connectivity index (χ1) is 6.99. The molecule has 0 atom stereocenters. The van der Waals surface area contributed by atoms with E-state index in [9.17, 15) is 4.57 Å². The predicted octanol–water partition coefficient (Wildman–Crippen LogP) is 1.50. The molecule has 4 N–H and O–H groups in total. The molecule has 0 aromatic heterocycles. The molecule has 15 heavy (non-hydrogen) atoms. The molecule has 0 fully saturated rings. The summed E-state index contributed by atoms with van der Waals surface area (Å²) in [6, 6.07) is 7.93. The Morgan fingerprint density at radius 1 is 1.33 bits per heavy atom. The SMILES string of the molecule is NCCBr.O=P(O)(O)Oc1ccccc1. The standard InChI is InChI=1S/C6H7O4P.C2H6BrN/c7-11(8,9)10-6-4-2-1-3-5-6;3-1-2-4/h1-5H,(H2,7,8,9);1-2,4H2. The van der Waals surface area contributed by atoms with Gasteiger partial charge in [-0.1, -0.05) is 34.1 Å². The lowest BCUT2D eigenvalue weighted by Gasteiger charge is -2.04. The molecular formula is C8H13BrNO4P. The molecular weight excluding hydrogens is 285 g/mol. The first-order valence-corrected chi connectivity index (χ1v) is 6.71. The summed E-state index contributed by atoms with van der Waals surface area (Å²) in [5.74, 6) is 0.167. The van der Waals surface area contributed by atoms with Crippen molar-refractivity contribution in [3.63, 3.8) is 0 Å². The van der Waals surface area contributed by atoms with Gasteiger partial charge in [0.15, 0.2) is 0 Å². The average molecular weight is 298 g/mol. The second kappa shape index (κ2) is 7.84. The molecule has 1 aromatic rings.